The molecule has 0 bridgehead atoms. The molecule has 0 N–H and O–H groups in total. The molecule has 5 heteroatoms. The van der Waals surface area contributed by atoms with Crippen LogP contribution in [0.2, 0.25) is 0 Å². The number of fused-ring (bicyclic) bond motifs is 12. The Morgan fingerprint density at radius 1 is 0.345 bits per heavy atom. The summed E-state index contributed by atoms with van der Waals surface area (Å²) in [5, 5.41) is 8.06. The second-order valence-corrected chi connectivity index (χ2v) is 15.1. The van der Waals surface area contributed by atoms with Crippen molar-refractivity contribution in [3.05, 3.63) is 188 Å². The maximum absolute atomic E-state index is 6.49. The van der Waals surface area contributed by atoms with Crippen LogP contribution in [0.5, 0.6) is 0 Å². The molecule has 0 atom stereocenters. The Hall–Kier alpha value is -7.89. The Morgan fingerprint density at radius 3 is 1.76 bits per heavy atom. The maximum Gasteiger partial charge on any atom is 0.153 e. The van der Waals surface area contributed by atoms with Crippen molar-refractivity contribution in [3.63, 3.8) is 0 Å². The van der Waals surface area contributed by atoms with Crippen molar-refractivity contribution in [1.82, 2.24) is 14.1 Å². The molecule has 0 radical (unpaired) electrons. The third-order valence-corrected chi connectivity index (χ3v) is 12.0. The van der Waals surface area contributed by atoms with E-state index in [4.69, 9.17) is 8.83 Å². The summed E-state index contributed by atoms with van der Waals surface area (Å²) in [6, 6.07) is 65.0. The standard InChI is InChI=1S/C53H31N3O2/c1-2-10-32(11-3-1)37-14-8-15-40-38-12-4-7-17-46(38)56(53(37)40)36-22-25-49-43(30-36)42-29-34(20-24-48(42)57-49)33-19-23-47-41(28-33)39-13-5-6-16-45(39)55(47)35-21-26-50-44(31-35)52-51(58-50)18-9-27-54-52/h1-31H. The van der Waals surface area contributed by atoms with Crippen molar-refractivity contribution in [1.29, 1.82) is 0 Å². The molecule has 0 unspecified atom stereocenters. The van der Waals surface area contributed by atoms with Gasteiger partial charge in [0, 0.05) is 60.8 Å². The predicted molar refractivity (Wildman–Crippen MR) is 238 cm³/mol. The average Bonchev–Trinajstić information content (AvgIpc) is 4.03. The molecular weight excluding hydrogens is 711 g/mol. The first-order valence-corrected chi connectivity index (χ1v) is 19.6. The van der Waals surface area contributed by atoms with E-state index in [0.717, 1.165) is 77.5 Å². The number of hydrogen-bond acceptors (Lipinski definition) is 3. The van der Waals surface area contributed by atoms with Gasteiger partial charge in [0.25, 0.3) is 0 Å². The number of benzene rings is 8. The number of hydrogen-bond donors (Lipinski definition) is 0. The Labute approximate surface area is 331 Å². The Morgan fingerprint density at radius 2 is 0.931 bits per heavy atom. The van der Waals surface area contributed by atoms with Crippen molar-refractivity contribution in [2.45, 2.75) is 0 Å². The van der Waals surface area contributed by atoms with Crippen molar-refractivity contribution >= 4 is 87.6 Å². The van der Waals surface area contributed by atoms with Gasteiger partial charge in [-0.1, -0.05) is 97.1 Å². The van der Waals surface area contributed by atoms with Gasteiger partial charge in [0.2, 0.25) is 0 Å². The fourth-order valence-electron chi connectivity index (χ4n) is 9.38. The average molecular weight is 742 g/mol. The molecule has 0 aliphatic carbocycles. The molecule has 0 aliphatic rings. The lowest BCUT2D eigenvalue weighted by Gasteiger charge is -2.12. The smallest absolute Gasteiger partial charge is 0.153 e. The number of rotatable bonds is 4. The molecule has 13 aromatic rings. The zero-order valence-electron chi connectivity index (χ0n) is 31.1. The third-order valence-electron chi connectivity index (χ3n) is 12.0. The predicted octanol–water partition coefficient (Wildman–Crippen LogP) is 14.4. The van der Waals surface area contributed by atoms with Crippen molar-refractivity contribution < 1.29 is 8.83 Å². The molecule has 8 aromatic carbocycles. The first-order valence-electron chi connectivity index (χ1n) is 19.6. The lowest BCUT2D eigenvalue weighted by Crippen LogP contribution is -1.95. The monoisotopic (exact) mass is 741 g/mol. The van der Waals surface area contributed by atoms with Gasteiger partial charge in [-0.3, -0.25) is 4.98 Å². The number of para-hydroxylation sites is 3. The van der Waals surface area contributed by atoms with Gasteiger partial charge in [0.05, 0.1) is 22.1 Å². The molecule has 0 fully saturated rings. The molecule has 0 aliphatic heterocycles. The van der Waals surface area contributed by atoms with E-state index < -0.39 is 0 Å². The van der Waals surface area contributed by atoms with E-state index in [9.17, 15) is 0 Å². The first kappa shape index (κ1) is 31.3. The Balaban J connectivity index is 0.978. The van der Waals surface area contributed by atoms with Gasteiger partial charge in [-0.05, 0) is 102 Å². The molecule has 0 saturated carbocycles. The van der Waals surface area contributed by atoms with Crippen LogP contribution in [0, 0.1) is 0 Å². The second-order valence-electron chi connectivity index (χ2n) is 15.1. The highest BCUT2D eigenvalue weighted by molar-refractivity contribution is 6.15. The van der Waals surface area contributed by atoms with Gasteiger partial charge < -0.3 is 18.0 Å². The third kappa shape index (κ3) is 4.44. The lowest BCUT2D eigenvalue weighted by molar-refractivity contribution is 0.668. The molecule has 5 heterocycles. The molecule has 270 valence electrons. The number of pyridine rings is 1. The molecule has 0 amide bonds. The van der Waals surface area contributed by atoms with Crippen LogP contribution in [-0.2, 0) is 0 Å². The van der Waals surface area contributed by atoms with E-state index in [1.54, 1.807) is 0 Å². The summed E-state index contributed by atoms with van der Waals surface area (Å²) in [6.45, 7) is 0. The summed E-state index contributed by atoms with van der Waals surface area (Å²) in [4.78, 5) is 4.64. The van der Waals surface area contributed by atoms with Gasteiger partial charge in [-0.15, -0.1) is 0 Å². The molecular formula is C53H31N3O2. The summed E-state index contributed by atoms with van der Waals surface area (Å²) >= 11 is 0. The SMILES string of the molecule is c1ccc(-c2cccc3c4ccccc4n(-c4ccc5oc6ccc(-c7ccc8c(c7)c7ccccc7n8-c7ccc8oc9cccnc9c8c7)cc6c5c4)c23)cc1. The van der Waals surface area contributed by atoms with Crippen LogP contribution < -0.4 is 0 Å². The van der Waals surface area contributed by atoms with Crippen LogP contribution >= 0.6 is 0 Å². The van der Waals surface area contributed by atoms with Gasteiger partial charge >= 0.3 is 0 Å². The second kappa shape index (κ2) is 11.8. The largest absolute Gasteiger partial charge is 0.456 e. The van der Waals surface area contributed by atoms with Crippen LogP contribution in [0.1, 0.15) is 0 Å². The Bertz CT molecular complexity index is 3810. The van der Waals surface area contributed by atoms with Gasteiger partial charge in [0.1, 0.15) is 22.3 Å². The molecule has 5 nitrogen and oxygen atoms in total. The molecule has 5 aromatic heterocycles. The van der Waals surface area contributed by atoms with E-state index in [-0.39, 0.29) is 0 Å². The summed E-state index contributed by atoms with van der Waals surface area (Å²) in [5.74, 6) is 0. The first-order chi connectivity index (χ1) is 28.7. The minimum Gasteiger partial charge on any atom is -0.456 e. The van der Waals surface area contributed by atoms with Crippen LogP contribution in [0.25, 0.3) is 121 Å². The van der Waals surface area contributed by atoms with Gasteiger partial charge in [-0.2, -0.15) is 0 Å². The van der Waals surface area contributed by atoms with Crippen LogP contribution in [-0.4, -0.2) is 14.1 Å². The van der Waals surface area contributed by atoms with Crippen LogP contribution in [0.15, 0.2) is 197 Å². The van der Waals surface area contributed by atoms with E-state index >= 15 is 0 Å². The Kier molecular flexibility index (Phi) is 6.38. The summed E-state index contributed by atoms with van der Waals surface area (Å²) in [5.41, 5.74) is 15.8. The molecule has 0 saturated heterocycles. The van der Waals surface area contributed by atoms with Crippen LogP contribution in [0.3, 0.4) is 0 Å². The lowest BCUT2D eigenvalue weighted by atomic mass is 10.0. The van der Waals surface area contributed by atoms with Crippen LogP contribution in [0.4, 0.5) is 0 Å². The number of aromatic nitrogens is 3. The summed E-state index contributed by atoms with van der Waals surface area (Å²) in [6.07, 6.45) is 1.82. The van der Waals surface area contributed by atoms with Crippen molar-refractivity contribution in [2.75, 3.05) is 0 Å². The highest BCUT2D eigenvalue weighted by Crippen LogP contribution is 2.41. The summed E-state index contributed by atoms with van der Waals surface area (Å²) < 4.78 is 17.4. The highest BCUT2D eigenvalue weighted by atomic mass is 16.3. The minimum absolute atomic E-state index is 0.795. The molecule has 13 rings (SSSR count). The zero-order valence-corrected chi connectivity index (χ0v) is 31.1. The number of furan rings is 2. The van der Waals surface area contributed by atoms with Crippen molar-refractivity contribution in [3.8, 4) is 33.6 Å². The van der Waals surface area contributed by atoms with E-state index in [1.807, 2.05) is 18.3 Å². The number of nitrogens with zero attached hydrogens (tertiary/aromatic N) is 3. The normalized spacial score (nSPS) is 12.1. The van der Waals surface area contributed by atoms with E-state index in [2.05, 4.69) is 184 Å². The fourth-order valence-corrected chi connectivity index (χ4v) is 9.38. The zero-order chi connectivity index (χ0) is 37.9. The summed E-state index contributed by atoms with van der Waals surface area (Å²) in [7, 11) is 0. The molecule has 58 heavy (non-hydrogen) atoms. The fraction of sp³-hybridized carbons (Fsp3) is 0. The van der Waals surface area contributed by atoms with Crippen molar-refractivity contribution in [2.24, 2.45) is 0 Å². The van der Waals surface area contributed by atoms with Gasteiger partial charge in [0.15, 0.2) is 5.58 Å². The topological polar surface area (TPSA) is 49.0 Å². The molecule has 0 spiro atoms. The van der Waals surface area contributed by atoms with Gasteiger partial charge in [-0.25, -0.2) is 0 Å². The minimum atomic E-state index is 0.795. The highest BCUT2D eigenvalue weighted by Gasteiger charge is 2.19. The van der Waals surface area contributed by atoms with E-state index in [1.165, 1.54) is 43.7 Å². The van der Waals surface area contributed by atoms with E-state index in [0.29, 0.717) is 0 Å². The quantitative estimate of drug-likeness (QED) is 0.180. The maximum atomic E-state index is 6.49.